The quantitative estimate of drug-likeness (QED) is 0.857. The highest BCUT2D eigenvalue weighted by molar-refractivity contribution is 9.10. The molecule has 0 aliphatic heterocycles. The van der Waals surface area contributed by atoms with Crippen LogP contribution in [0.5, 0.6) is 0 Å². The molecule has 0 unspecified atom stereocenters. The van der Waals surface area contributed by atoms with Gasteiger partial charge in [0.2, 0.25) is 0 Å². The molecule has 0 N–H and O–H groups in total. The molecule has 5 heteroatoms. The molecular weight excluding hydrogens is 294 g/mol. The molecule has 2 aromatic heterocycles. The molecule has 2 aromatic rings. The fourth-order valence-electron chi connectivity index (χ4n) is 1.54. The number of pyridine rings is 2. The van der Waals surface area contributed by atoms with Crippen molar-refractivity contribution in [2.45, 2.75) is 6.92 Å². The van der Waals surface area contributed by atoms with Crippen LogP contribution in [0.3, 0.4) is 0 Å². The van der Waals surface area contributed by atoms with Gasteiger partial charge in [0.05, 0.1) is 5.56 Å². The largest absolute Gasteiger partial charge is 0.296 e. The summed E-state index contributed by atoms with van der Waals surface area (Å²) in [5.74, 6) is 0.478. The van der Waals surface area contributed by atoms with Gasteiger partial charge in [0.15, 0.2) is 0 Å². The van der Waals surface area contributed by atoms with E-state index in [1.807, 2.05) is 19.1 Å². The summed E-state index contributed by atoms with van der Waals surface area (Å²) in [7, 11) is 1.70. The first-order valence-electron chi connectivity index (χ1n) is 5.39. The van der Waals surface area contributed by atoms with Gasteiger partial charge in [-0.25, -0.2) is 4.98 Å². The van der Waals surface area contributed by atoms with E-state index < -0.39 is 0 Å². The van der Waals surface area contributed by atoms with Crippen molar-refractivity contribution in [2.24, 2.45) is 0 Å². The third kappa shape index (κ3) is 2.73. The van der Waals surface area contributed by atoms with E-state index in [0.29, 0.717) is 11.4 Å². The highest BCUT2D eigenvalue weighted by atomic mass is 79.9. The second-order valence-corrected chi connectivity index (χ2v) is 4.87. The number of carbonyl (C=O) groups excluding carboxylic acids is 1. The number of hydrogen-bond acceptors (Lipinski definition) is 3. The molecule has 0 radical (unpaired) electrons. The third-order valence-corrected chi connectivity index (χ3v) is 2.95. The molecule has 0 spiro atoms. The molecule has 0 aliphatic carbocycles. The van der Waals surface area contributed by atoms with Crippen molar-refractivity contribution in [3.8, 4) is 0 Å². The van der Waals surface area contributed by atoms with Crippen molar-refractivity contribution < 1.29 is 4.79 Å². The zero-order chi connectivity index (χ0) is 13.1. The standard InChI is InChI=1S/C13H12BrN3O/c1-9-5-10(7-15-6-9)13(18)17(2)12-4-3-11(14)8-16-12/h3-8H,1-2H3. The maximum atomic E-state index is 12.2. The molecule has 0 saturated carbocycles. The SMILES string of the molecule is Cc1cncc(C(=O)N(C)c2ccc(Br)cn2)c1. The van der Waals surface area contributed by atoms with Crippen LogP contribution in [-0.4, -0.2) is 22.9 Å². The minimum atomic E-state index is -0.124. The predicted octanol–water partition coefficient (Wildman–Crippen LogP) is 2.82. The third-order valence-electron chi connectivity index (χ3n) is 2.48. The minimum absolute atomic E-state index is 0.124. The Labute approximate surface area is 114 Å². The normalized spacial score (nSPS) is 10.2. The molecule has 18 heavy (non-hydrogen) atoms. The van der Waals surface area contributed by atoms with Crippen LogP contribution in [0.15, 0.2) is 41.3 Å². The van der Waals surface area contributed by atoms with Crippen molar-refractivity contribution in [1.29, 1.82) is 0 Å². The first-order valence-corrected chi connectivity index (χ1v) is 6.18. The van der Waals surface area contributed by atoms with Gasteiger partial charge < -0.3 is 0 Å². The van der Waals surface area contributed by atoms with Crippen molar-refractivity contribution in [3.05, 3.63) is 52.4 Å². The van der Waals surface area contributed by atoms with E-state index in [1.165, 1.54) is 4.90 Å². The molecule has 4 nitrogen and oxygen atoms in total. The van der Waals surface area contributed by atoms with E-state index >= 15 is 0 Å². The fraction of sp³-hybridized carbons (Fsp3) is 0.154. The number of hydrogen-bond donors (Lipinski definition) is 0. The Morgan fingerprint density at radius 2 is 2.06 bits per heavy atom. The van der Waals surface area contributed by atoms with Crippen LogP contribution in [0.1, 0.15) is 15.9 Å². The topological polar surface area (TPSA) is 46.1 Å². The molecule has 0 aliphatic rings. The van der Waals surface area contributed by atoms with E-state index in [4.69, 9.17) is 0 Å². The number of aromatic nitrogens is 2. The van der Waals surface area contributed by atoms with E-state index in [1.54, 1.807) is 31.7 Å². The van der Waals surface area contributed by atoms with Crippen molar-refractivity contribution in [1.82, 2.24) is 9.97 Å². The highest BCUT2D eigenvalue weighted by Gasteiger charge is 2.14. The van der Waals surface area contributed by atoms with E-state index in [2.05, 4.69) is 25.9 Å². The van der Waals surface area contributed by atoms with Gasteiger partial charge in [-0.05, 0) is 46.6 Å². The molecular formula is C13H12BrN3O. The first-order chi connectivity index (χ1) is 8.58. The van der Waals surface area contributed by atoms with Gasteiger partial charge in [-0.2, -0.15) is 0 Å². The Kier molecular flexibility index (Phi) is 3.72. The lowest BCUT2D eigenvalue weighted by Gasteiger charge is -2.16. The maximum absolute atomic E-state index is 12.2. The summed E-state index contributed by atoms with van der Waals surface area (Å²) in [4.78, 5) is 21.9. The lowest BCUT2D eigenvalue weighted by atomic mass is 10.2. The molecule has 0 saturated heterocycles. The minimum Gasteiger partial charge on any atom is -0.296 e. The van der Waals surface area contributed by atoms with Gasteiger partial charge in [-0.3, -0.25) is 14.7 Å². The van der Waals surface area contributed by atoms with Gasteiger partial charge >= 0.3 is 0 Å². The number of carbonyl (C=O) groups is 1. The van der Waals surface area contributed by atoms with E-state index in [-0.39, 0.29) is 5.91 Å². The summed E-state index contributed by atoms with van der Waals surface area (Å²) in [6.45, 7) is 1.90. The van der Waals surface area contributed by atoms with Crippen LogP contribution in [-0.2, 0) is 0 Å². The maximum Gasteiger partial charge on any atom is 0.260 e. The van der Waals surface area contributed by atoms with Gasteiger partial charge in [0.25, 0.3) is 5.91 Å². The van der Waals surface area contributed by atoms with Crippen LogP contribution in [0.4, 0.5) is 5.82 Å². The average Bonchev–Trinajstić information content (AvgIpc) is 2.38. The summed E-state index contributed by atoms with van der Waals surface area (Å²) >= 11 is 3.31. The number of rotatable bonds is 2. The number of halogens is 1. The van der Waals surface area contributed by atoms with Crippen LogP contribution < -0.4 is 4.90 Å². The zero-order valence-corrected chi connectivity index (χ0v) is 11.7. The second kappa shape index (κ2) is 5.27. The number of aryl methyl sites for hydroxylation is 1. The van der Waals surface area contributed by atoms with Crippen molar-refractivity contribution in [2.75, 3.05) is 11.9 Å². The molecule has 92 valence electrons. The number of nitrogens with zero attached hydrogens (tertiary/aromatic N) is 3. The Morgan fingerprint density at radius 1 is 1.28 bits per heavy atom. The molecule has 2 rings (SSSR count). The fourth-order valence-corrected chi connectivity index (χ4v) is 1.77. The van der Waals surface area contributed by atoms with Crippen LogP contribution in [0.25, 0.3) is 0 Å². The highest BCUT2D eigenvalue weighted by Crippen LogP contribution is 2.15. The lowest BCUT2D eigenvalue weighted by molar-refractivity contribution is 0.0992. The molecule has 0 aromatic carbocycles. The number of amides is 1. The molecule has 0 fully saturated rings. The Morgan fingerprint density at radius 3 is 2.67 bits per heavy atom. The van der Waals surface area contributed by atoms with Crippen LogP contribution in [0.2, 0.25) is 0 Å². The average molecular weight is 306 g/mol. The van der Waals surface area contributed by atoms with Crippen molar-refractivity contribution >= 4 is 27.7 Å². The van der Waals surface area contributed by atoms with Gasteiger partial charge in [-0.1, -0.05) is 0 Å². The summed E-state index contributed by atoms with van der Waals surface area (Å²) < 4.78 is 0.879. The lowest BCUT2D eigenvalue weighted by Crippen LogP contribution is -2.27. The van der Waals surface area contributed by atoms with Gasteiger partial charge in [0.1, 0.15) is 5.82 Å². The van der Waals surface area contributed by atoms with E-state index in [9.17, 15) is 4.79 Å². The number of anilines is 1. The molecule has 0 atom stereocenters. The Balaban J connectivity index is 2.26. The summed E-state index contributed by atoms with van der Waals surface area (Å²) in [5.41, 5.74) is 1.51. The van der Waals surface area contributed by atoms with Gasteiger partial charge in [-0.15, -0.1) is 0 Å². The summed E-state index contributed by atoms with van der Waals surface area (Å²) in [6, 6.07) is 5.44. The summed E-state index contributed by atoms with van der Waals surface area (Å²) in [6.07, 6.45) is 4.94. The van der Waals surface area contributed by atoms with Crippen molar-refractivity contribution in [3.63, 3.8) is 0 Å². The van der Waals surface area contributed by atoms with Crippen LogP contribution in [0, 0.1) is 6.92 Å². The zero-order valence-electron chi connectivity index (χ0n) is 10.1. The van der Waals surface area contributed by atoms with Crippen LogP contribution >= 0.6 is 15.9 Å². The monoisotopic (exact) mass is 305 g/mol. The smallest absolute Gasteiger partial charge is 0.260 e. The second-order valence-electron chi connectivity index (χ2n) is 3.95. The van der Waals surface area contributed by atoms with Gasteiger partial charge in [0, 0.05) is 30.1 Å². The molecule has 1 amide bonds. The Hall–Kier alpha value is -1.75. The molecule has 2 heterocycles. The Bertz CT molecular complexity index is 569. The first kappa shape index (κ1) is 12.7. The van der Waals surface area contributed by atoms with E-state index in [0.717, 1.165) is 10.0 Å². The predicted molar refractivity (Wildman–Crippen MR) is 73.6 cm³/mol. The summed E-state index contributed by atoms with van der Waals surface area (Å²) in [5, 5.41) is 0. The molecule has 0 bridgehead atoms.